The minimum absolute atomic E-state index is 0.153. The number of amides is 1. The van der Waals surface area contributed by atoms with Crippen LogP contribution in [-0.4, -0.2) is 17.1 Å². The Morgan fingerprint density at radius 1 is 1.32 bits per heavy atom. The van der Waals surface area contributed by atoms with Crippen LogP contribution < -0.4 is 5.32 Å². The Balaban J connectivity index is 2.73. The average Bonchev–Trinajstić information content (AvgIpc) is 2.39. The van der Waals surface area contributed by atoms with Crippen LogP contribution in [0.15, 0.2) is 18.2 Å². The molecular formula is C14H19F2NO2. The first-order valence-corrected chi connectivity index (χ1v) is 6.30. The molecule has 0 saturated carbocycles. The molecule has 3 atom stereocenters. The molecule has 1 aromatic carbocycles. The van der Waals surface area contributed by atoms with Crippen molar-refractivity contribution in [2.75, 3.05) is 0 Å². The van der Waals surface area contributed by atoms with E-state index < -0.39 is 23.8 Å². The van der Waals surface area contributed by atoms with E-state index in [1.807, 2.05) is 6.92 Å². The number of carbonyl (C=O) groups is 1. The molecule has 0 aliphatic heterocycles. The molecule has 0 aliphatic carbocycles. The van der Waals surface area contributed by atoms with Crippen LogP contribution in [0.5, 0.6) is 0 Å². The first kappa shape index (κ1) is 15.6. The summed E-state index contributed by atoms with van der Waals surface area (Å²) in [6.45, 7) is 5.29. The number of benzene rings is 1. The minimum atomic E-state index is -1.08. The predicted octanol–water partition coefficient (Wildman–Crippen LogP) is 2.55. The monoisotopic (exact) mass is 271 g/mol. The molecular weight excluding hydrogens is 252 g/mol. The summed E-state index contributed by atoms with van der Waals surface area (Å²) >= 11 is 0. The second-order valence-corrected chi connectivity index (χ2v) is 4.72. The lowest BCUT2D eigenvalue weighted by Crippen LogP contribution is -2.39. The van der Waals surface area contributed by atoms with Crippen molar-refractivity contribution in [2.45, 2.75) is 39.3 Å². The summed E-state index contributed by atoms with van der Waals surface area (Å²) in [5.41, 5.74) is 0.232. The number of carbonyl (C=O) groups excluding carboxylic acids is 1. The molecule has 0 fully saturated rings. The molecule has 3 unspecified atom stereocenters. The van der Waals surface area contributed by atoms with Crippen molar-refractivity contribution in [1.82, 2.24) is 5.32 Å². The van der Waals surface area contributed by atoms with Gasteiger partial charge in [-0.2, -0.15) is 0 Å². The van der Waals surface area contributed by atoms with Gasteiger partial charge >= 0.3 is 0 Å². The molecule has 0 aliphatic rings. The number of rotatable bonds is 5. The molecule has 0 radical (unpaired) electrons. The number of hydrogen-bond donors (Lipinski definition) is 2. The fraction of sp³-hybridized carbons (Fsp3) is 0.500. The van der Waals surface area contributed by atoms with Crippen molar-refractivity contribution in [3.63, 3.8) is 0 Å². The van der Waals surface area contributed by atoms with E-state index in [1.165, 1.54) is 6.07 Å². The number of nitrogens with one attached hydrogen (secondary N) is 1. The maximum absolute atomic E-state index is 13.1. The first-order chi connectivity index (χ1) is 8.86. The van der Waals surface area contributed by atoms with Crippen molar-refractivity contribution in [2.24, 2.45) is 5.92 Å². The second-order valence-electron chi connectivity index (χ2n) is 4.72. The lowest BCUT2D eigenvalue weighted by atomic mass is 10.0. The topological polar surface area (TPSA) is 49.3 Å². The smallest absolute Gasteiger partial charge is 0.223 e. The number of aliphatic hydroxyl groups excluding tert-OH is 1. The van der Waals surface area contributed by atoms with Crippen LogP contribution in [0, 0.1) is 17.6 Å². The van der Waals surface area contributed by atoms with Gasteiger partial charge in [0.1, 0.15) is 0 Å². The lowest BCUT2D eigenvalue weighted by Gasteiger charge is -2.22. The van der Waals surface area contributed by atoms with Gasteiger partial charge < -0.3 is 10.4 Å². The van der Waals surface area contributed by atoms with Gasteiger partial charge in [-0.25, -0.2) is 8.78 Å². The fourth-order valence-electron chi connectivity index (χ4n) is 1.62. The zero-order valence-corrected chi connectivity index (χ0v) is 11.3. The van der Waals surface area contributed by atoms with Gasteiger partial charge in [-0.3, -0.25) is 4.79 Å². The second kappa shape index (κ2) is 6.61. The highest BCUT2D eigenvalue weighted by atomic mass is 19.2. The minimum Gasteiger partial charge on any atom is -0.386 e. The number of hydrogen-bond acceptors (Lipinski definition) is 2. The zero-order valence-electron chi connectivity index (χ0n) is 11.3. The predicted molar refractivity (Wildman–Crippen MR) is 68.4 cm³/mol. The molecule has 2 N–H and O–H groups in total. The molecule has 106 valence electrons. The van der Waals surface area contributed by atoms with Crippen molar-refractivity contribution < 1.29 is 18.7 Å². The zero-order chi connectivity index (χ0) is 14.6. The Labute approximate surface area is 111 Å². The van der Waals surface area contributed by atoms with Gasteiger partial charge in [-0.15, -0.1) is 0 Å². The summed E-state index contributed by atoms with van der Waals surface area (Å²) in [4.78, 5) is 11.7. The third-order valence-electron chi connectivity index (χ3n) is 3.19. The normalized spacial score (nSPS) is 15.7. The Morgan fingerprint density at radius 3 is 2.47 bits per heavy atom. The molecule has 0 heterocycles. The molecule has 0 spiro atoms. The summed E-state index contributed by atoms with van der Waals surface area (Å²) in [5, 5.41) is 12.7. The number of aliphatic hydroxyl groups is 1. The van der Waals surface area contributed by atoms with Crippen molar-refractivity contribution in [1.29, 1.82) is 0 Å². The molecule has 5 heteroatoms. The van der Waals surface area contributed by atoms with Crippen molar-refractivity contribution in [3.8, 4) is 0 Å². The van der Waals surface area contributed by atoms with Crippen LogP contribution in [0.1, 0.15) is 38.9 Å². The summed E-state index contributed by atoms with van der Waals surface area (Å²) in [5.74, 6) is -2.31. The summed E-state index contributed by atoms with van der Waals surface area (Å²) in [6, 6.07) is 2.62. The van der Waals surface area contributed by atoms with E-state index in [0.29, 0.717) is 6.42 Å². The van der Waals surface area contributed by atoms with Gasteiger partial charge in [0, 0.05) is 5.92 Å². The molecule has 0 aromatic heterocycles. The van der Waals surface area contributed by atoms with Gasteiger partial charge in [0.25, 0.3) is 0 Å². The van der Waals surface area contributed by atoms with Gasteiger partial charge in [0.2, 0.25) is 5.91 Å². The van der Waals surface area contributed by atoms with E-state index in [2.05, 4.69) is 5.32 Å². The largest absolute Gasteiger partial charge is 0.386 e. The van der Waals surface area contributed by atoms with Gasteiger partial charge in [-0.1, -0.05) is 19.9 Å². The quantitative estimate of drug-likeness (QED) is 0.864. The molecule has 0 bridgehead atoms. The van der Waals surface area contributed by atoms with E-state index >= 15 is 0 Å². The Hall–Kier alpha value is -1.49. The van der Waals surface area contributed by atoms with E-state index in [9.17, 15) is 18.7 Å². The Bertz CT molecular complexity index is 451. The highest BCUT2D eigenvalue weighted by Gasteiger charge is 2.21. The summed E-state index contributed by atoms with van der Waals surface area (Å²) in [6.07, 6.45) is -0.386. The van der Waals surface area contributed by atoms with Crippen molar-refractivity contribution >= 4 is 5.91 Å². The van der Waals surface area contributed by atoms with Crippen LogP contribution in [0.3, 0.4) is 0 Å². The van der Waals surface area contributed by atoms with Gasteiger partial charge in [-0.05, 0) is 31.0 Å². The molecule has 1 aromatic rings. The standard InChI is InChI=1S/C14H19F2NO2/c1-4-8(2)14(19)17-9(3)13(18)10-5-6-11(15)12(16)7-10/h5-9,13,18H,4H2,1-3H3,(H,17,19). The van der Waals surface area contributed by atoms with E-state index in [-0.39, 0.29) is 17.4 Å². The highest BCUT2D eigenvalue weighted by Crippen LogP contribution is 2.19. The van der Waals surface area contributed by atoms with Crippen molar-refractivity contribution in [3.05, 3.63) is 35.4 Å². The summed E-state index contributed by atoms with van der Waals surface area (Å²) in [7, 11) is 0. The third-order valence-corrected chi connectivity index (χ3v) is 3.19. The van der Waals surface area contributed by atoms with Crippen LogP contribution in [-0.2, 0) is 4.79 Å². The first-order valence-electron chi connectivity index (χ1n) is 6.30. The molecule has 1 rings (SSSR count). The third kappa shape index (κ3) is 3.99. The number of halogens is 2. The fourth-order valence-corrected chi connectivity index (χ4v) is 1.62. The molecule has 3 nitrogen and oxygen atoms in total. The highest BCUT2D eigenvalue weighted by molar-refractivity contribution is 5.78. The maximum Gasteiger partial charge on any atom is 0.223 e. The van der Waals surface area contributed by atoms with Crippen LogP contribution >= 0.6 is 0 Å². The Kier molecular flexibility index (Phi) is 5.42. The lowest BCUT2D eigenvalue weighted by molar-refractivity contribution is -0.126. The van der Waals surface area contributed by atoms with E-state index in [0.717, 1.165) is 12.1 Å². The molecule has 1 amide bonds. The van der Waals surface area contributed by atoms with E-state index in [1.54, 1.807) is 13.8 Å². The Morgan fingerprint density at radius 2 is 1.95 bits per heavy atom. The van der Waals surface area contributed by atoms with Crippen LogP contribution in [0.25, 0.3) is 0 Å². The summed E-state index contributed by atoms with van der Waals surface area (Å²) < 4.78 is 25.9. The SMILES string of the molecule is CCC(C)C(=O)NC(C)C(O)c1ccc(F)c(F)c1. The maximum atomic E-state index is 13.1. The van der Waals surface area contributed by atoms with Gasteiger partial charge in [0.05, 0.1) is 12.1 Å². The van der Waals surface area contributed by atoms with Crippen LogP contribution in [0.4, 0.5) is 8.78 Å². The van der Waals surface area contributed by atoms with Crippen LogP contribution in [0.2, 0.25) is 0 Å². The molecule has 19 heavy (non-hydrogen) atoms. The average molecular weight is 271 g/mol. The molecule has 0 saturated heterocycles. The van der Waals surface area contributed by atoms with E-state index in [4.69, 9.17) is 0 Å². The van der Waals surface area contributed by atoms with Gasteiger partial charge in [0.15, 0.2) is 11.6 Å².